The number of aryl methyl sites for hydroxylation is 2. The first-order valence-corrected chi connectivity index (χ1v) is 6.82. The van der Waals surface area contributed by atoms with Gasteiger partial charge in [-0.05, 0) is 31.0 Å². The van der Waals surface area contributed by atoms with Crippen molar-refractivity contribution in [1.82, 2.24) is 14.8 Å². The molecule has 2 rings (SSSR count). The van der Waals surface area contributed by atoms with Gasteiger partial charge < -0.3 is 0 Å². The van der Waals surface area contributed by atoms with Gasteiger partial charge >= 0.3 is 0 Å². The van der Waals surface area contributed by atoms with Crippen LogP contribution in [0, 0.1) is 25.2 Å². The maximum absolute atomic E-state index is 12.5. The van der Waals surface area contributed by atoms with E-state index >= 15 is 0 Å². The highest BCUT2D eigenvalue weighted by molar-refractivity contribution is 7.99. The van der Waals surface area contributed by atoms with Gasteiger partial charge in [0.25, 0.3) is 6.43 Å². The lowest BCUT2D eigenvalue weighted by Crippen LogP contribution is -2.00. The van der Waals surface area contributed by atoms with Crippen LogP contribution in [0.1, 0.15) is 23.4 Å². The van der Waals surface area contributed by atoms with Gasteiger partial charge in [0.2, 0.25) is 5.82 Å². The maximum Gasteiger partial charge on any atom is 0.299 e. The number of alkyl halides is 2. The van der Waals surface area contributed by atoms with E-state index in [0.717, 1.165) is 16.0 Å². The number of nitrogens with zero attached hydrogens (tertiary/aromatic N) is 4. The van der Waals surface area contributed by atoms with Crippen molar-refractivity contribution < 1.29 is 8.78 Å². The molecule has 0 saturated carbocycles. The zero-order chi connectivity index (χ0) is 14.7. The minimum Gasteiger partial charge on any atom is -0.220 e. The van der Waals surface area contributed by atoms with Gasteiger partial charge in [0.15, 0.2) is 0 Å². The molecule has 0 fully saturated rings. The van der Waals surface area contributed by atoms with E-state index in [1.165, 1.54) is 22.8 Å². The molecule has 0 aliphatic heterocycles. The zero-order valence-corrected chi connectivity index (χ0v) is 11.8. The van der Waals surface area contributed by atoms with E-state index < -0.39 is 12.2 Å². The first-order valence-electron chi connectivity index (χ1n) is 5.84. The van der Waals surface area contributed by atoms with Gasteiger partial charge in [-0.2, -0.15) is 5.26 Å². The Morgan fingerprint density at radius 1 is 1.35 bits per heavy atom. The van der Waals surface area contributed by atoms with Crippen LogP contribution < -0.4 is 0 Å². The number of hydrogen-bond acceptors (Lipinski definition) is 4. The third-order valence-corrected chi connectivity index (χ3v) is 3.76. The molecular formula is C13H12F2N4S. The molecule has 0 bridgehead atoms. The Kier molecular flexibility index (Phi) is 4.35. The Bertz CT molecular complexity index is 661. The maximum atomic E-state index is 12.5. The van der Waals surface area contributed by atoms with Crippen molar-refractivity contribution in [2.75, 3.05) is 5.75 Å². The van der Waals surface area contributed by atoms with Gasteiger partial charge in [0.05, 0.1) is 17.5 Å². The van der Waals surface area contributed by atoms with Crippen LogP contribution in [0.15, 0.2) is 23.4 Å². The Hall–Kier alpha value is -1.94. The fourth-order valence-corrected chi connectivity index (χ4v) is 2.53. The second-order valence-corrected chi connectivity index (χ2v) is 5.22. The SMILES string of the molecule is Cc1cc(C)c(-n2cnc(C(F)F)n2)cc1SCC#N. The molecule has 0 unspecified atom stereocenters. The summed E-state index contributed by atoms with van der Waals surface area (Å²) >= 11 is 1.41. The highest BCUT2D eigenvalue weighted by Crippen LogP contribution is 2.27. The molecule has 0 N–H and O–H groups in total. The first kappa shape index (κ1) is 14.5. The molecule has 0 amide bonds. The molecule has 7 heteroatoms. The summed E-state index contributed by atoms with van der Waals surface area (Å²) in [7, 11) is 0. The van der Waals surface area contributed by atoms with Gasteiger partial charge in [-0.1, -0.05) is 6.07 Å². The molecule has 1 aromatic heterocycles. The van der Waals surface area contributed by atoms with E-state index in [-0.39, 0.29) is 0 Å². The number of thioether (sulfide) groups is 1. The first-order chi connectivity index (χ1) is 9.52. The van der Waals surface area contributed by atoms with E-state index in [1.807, 2.05) is 26.0 Å². The molecule has 4 nitrogen and oxygen atoms in total. The van der Waals surface area contributed by atoms with Gasteiger partial charge in [-0.25, -0.2) is 18.4 Å². The molecule has 0 atom stereocenters. The van der Waals surface area contributed by atoms with Gasteiger partial charge in [-0.15, -0.1) is 16.9 Å². The molecule has 1 heterocycles. The molecule has 20 heavy (non-hydrogen) atoms. The van der Waals surface area contributed by atoms with Crippen molar-refractivity contribution in [3.8, 4) is 11.8 Å². The second-order valence-electron chi connectivity index (χ2n) is 4.20. The minimum absolute atomic E-state index is 0.336. The van der Waals surface area contributed by atoms with Crippen molar-refractivity contribution in [2.45, 2.75) is 25.2 Å². The average molecular weight is 294 g/mol. The summed E-state index contributed by atoms with van der Waals surface area (Å²) in [5, 5.41) is 12.4. The zero-order valence-electron chi connectivity index (χ0n) is 11.0. The summed E-state index contributed by atoms with van der Waals surface area (Å²) in [5.74, 6) is -0.153. The highest BCUT2D eigenvalue weighted by atomic mass is 32.2. The van der Waals surface area contributed by atoms with Gasteiger partial charge in [0.1, 0.15) is 6.33 Å². The quantitative estimate of drug-likeness (QED) is 0.811. The van der Waals surface area contributed by atoms with E-state index in [2.05, 4.69) is 16.2 Å². The number of benzene rings is 1. The number of aromatic nitrogens is 3. The van der Waals surface area contributed by atoms with Crippen LogP contribution in [0.25, 0.3) is 5.69 Å². The third kappa shape index (κ3) is 2.96. The summed E-state index contributed by atoms with van der Waals surface area (Å²) < 4.78 is 26.4. The van der Waals surface area contributed by atoms with Gasteiger partial charge in [0, 0.05) is 4.90 Å². The lowest BCUT2D eigenvalue weighted by Gasteiger charge is -2.10. The Morgan fingerprint density at radius 3 is 2.70 bits per heavy atom. The van der Waals surface area contributed by atoms with Crippen LogP contribution in [0.3, 0.4) is 0 Å². The molecule has 0 radical (unpaired) electrons. The van der Waals surface area contributed by atoms with Crippen molar-refractivity contribution in [3.05, 3.63) is 35.4 Å². The Morgan fingerprint density at radius 2 is 2.10 bits per heavy atom. The van der Waals surface area contributed by atoms with Crippen LogP contribution >= 0.6 is 11.8 Å². The van der Waals surface area contributed by atoms with Crippen molar-refractivity contribution >= 4 is 11.8 Å². The van der Waals surface area contributed by atoms with E-state index in [0.29, 0.717) is 11.4 Å². The molecule has 0 saturated heterocycles. The third-order valence-electron chi connectivity index (χ3n) is 2.74. The fraction of sp³-hybridized carbons (Fsp3) is 0.308. The normalized spacial score (nSPS) is 10.8. The number of nitriles is 1. The Labute approximate surface area is 119 Å². The predicted molar refractivity (Wildman–Crippen MR) is 72.1 cm³/mol. The lowest BCUT2D eigenvalue weighted by atomic mass is 10.1. The second kappa shape index (κ2) is 6.01. The monoisotopic (exact) mass is 294 g/mol. The van der Waals surface area contributed by atoms with Crippen LogP contribution in [-0.2, 0) is 0 Å². The van der Waals surface area contributed by atoms with Crippen molar-refractivity contribution in [3.63, 3.8) is 0 Å². The molecular weight excluding hydrogens is 282 g/mol. The molecule has 0 aliphatic rings. The molecule has 1 aromatic carbocycles. The largest absolute Gasteiger partial charge is 0.299 e. The van der Waals surface area contributed by atoms with Crippen LogP contribution in [0.5, 0.6) is 0 Å². The highest BCUT2D eigenvalue weighted by Gasteiger charge is 2.15. The lowest BCUT2D eigenvalue weighted by molar-refractivity contribution is 0.140. The molecule has 104 valence electrons. The van der Waals surface area contributed by atoms with Crippen LogP contribution in [0.2, 0.25) is 0 Å². The van der Waals surface area contributed by atoms with E-state index in [9.17, 15) is 8.78 Å². The van der Waals surface area contributed by atoms with E-state index in [1.54, 1.807) is 0 Å². The fourth-order valence-electron chi connectivity index (χ4n) is 1.83. The summed E-state index contributed by atoms with van der Waals surface area (Å²) in [5.41, 5.74) is 2.64. The molecule has 2 aromatic rings. The van der Waals surface area contributed by atoms with Crippen molar-refractivity contribution in [1.29, 1.82) is 5.26 Å². The predicted octanol–water partition coefficient (Wildman–Crippen LogP) is 3.44. The van der Waals surface area contributed by atoms with Gasteiger partial charge in [-0.3, -0.25) is 0 Å². The molecule has 0 aliphatic carbocycles. The number of hydrogen-bond donors (Lipinski definition) is 0. The standard InChI is InChI=1S/C13H12F2N4S/c1-8-5-9(2)11(20-4-3-16)6-10(8)19-7-17-13(18-19)12(14)15/h5-7,12H,4H2,1-2H3. The smallest absolute Gasteiger partial charge is 0.220 e. The topological polar surface area (TPSA) is 54.5 Å². The molecule has 0 spiro atoms. The number of rotatable bonds is 4. The summed E-state index contributed by atoms with van der Waals surface area (Å²) in [6.07, 6.45) is -1.41. The van der Waals surface area contributed by atoms with Crippen LogP contribution in [-0.4, -0.2) is 20.5 Å². The van der Waals surface area contributed by atoms with Crippen LogP contribution in [0.4, 0.5) is 8.78 Å². The van der Waals surface area contributed by atoms with E-state index in [4.69, 9.17) is 5.26 Å². The number of halogens is 2. The minimum atomic E-state index is -2.69. The summed E-state index contributed by atoms with van der Waals surface area (Å²) in [4.78, 5) is 4.52. The summed E-state index contributed by atoms with van der Waals surface area (Å²) in [6, 6.07) is 5.85. The van der Waals surface area contributed by atoms with Crippen molar-refractivity contribution in [2.24, 2.45) is 0 Å². The Balaban J connectivity index is 2.42. The summed E-state index contributed by atoms with van der Waals surface area (Å²) in [6.45, 7) is 3.83. The average Bonchev–Trinajstić information content (AvgIpc) is 2.87.